The summed E-state index contributed by atoms with van der Waals surface area (Å²) in [5, 5.41) is 19.2. The monoisotopic (exact) mass is 408 g/mol. The molecule has 3 N–H and O–H groups in total. The Bertz CT molecular complexity index is 1580. The van der Waals surface area contributed by atoms with Gasteiger partial charge in [0.05, 0.1) is 40.5 Å². The molecule has 0 radical (unpaired) electrons. The van der Waals surface area contributed by atoms with Gasteiger partial charge in [0, 0.05) is 34.9 Å². The Hall–Kier alpha value is -4.53. The second-order valence-electron chi connectivity index (χ2n) is 7.32. The summed E-state index contributed by atoms with van der Waals surface area (Å²) >= 11 is 0. The van der Waals surface area contributed by atoms with Crippen LogP contribution in [0.5, 0.6) is 5.75 Å². The molecule has 0 bridgehead atoms. The van der Waals surface area contributed by atoms with Crippen molar-refractivity contribution in [3.05, 3.63) is 67.3 Å². The molecule has 31 heavy (non-hydrogen) atoms. The highest BCUT2D eigenvalue weighted by Gasteiger charge is 2.15. The smallest absolute Gasteiger partial charge is 0.147 e. The molecule has 6 aromatic heterocycles. The molecule has 0 unspecified atom stereocenters. The van der Waals surface area contributed by atoms with Gasteiger partial charge in [0.25, 0.3) is 0 Å². The Labute approximate surface area is 175 Å². The van der Waals surface area contributed by atoms with Crippen molar-refractivity contribution in [1.82, 2.24) is 39.7 Å². The third-order valence-corrected chi connectivity index (χ3v) is 5.21. The zero-order valence-electron chi connectivity index (χ0n) is 16.4. The first-order valence-electron chi connectivity index (χ1n) is 9.63. The van der Waals surface area contributed by atoms with Gasteiger partial charge in [-0.3, -0.25) is 19.6 Å². The summed E-state index contributed by atoms with van der Waals surface area (Å²) in [6.07, 6.45) is 10.3. The van der Waals surface area contributed by atoms with Crippen LogP contribution in [0.4, 0.5) is 0 Å². The fourth-order valence-corrected chi connectivity index (χ4v) is 3.76. The first-order valence-corrected chi connectivity index (χ1v) is 9.63. The fraction of sp³-hybridized carbons (Fsp3) is 0.0455. The molecular formula is C22H16N8O. The molecule has 0 spiro atoms. The number of imidazole rings is 1. The van der Waals surface area contributed by atoms with Gasteiger partial charge < -0.3 is 10.1 Å². The van der Waals surface area contributed by atoms with Gasteiger partial charge >= 0.3 is 0 Å². The molecule has 0 aliphatic rings. The lowest BCUT2D eigenvalue weighted by molar-refractivity contribution is 0.473. The Kier molecular flexibility index (Phi) is 3.63. The second kappa shape index (κ2) is 6.49. The standard InChI is InChI=1S/C22H16N8O/c1-12-10-30(11-26-12)22-16-6-19(27-17(16)2-3-24-22)21-15-5-18(25-9-20(15)28-29-21)13-4-14(31)8-23-7-13/h2-11,27,31H,1H3,(H,28,29). The van der Waals surface area contributed by atoms with E-state index < -0.39 is 0 Å². The molecule has 0 aromatic carbocycles. The number of aromatic hydroxyl groups is 1. The Balaban J connectivity index is 1.51. The maximum Gasteiger partial charge on any atom is 0.147 e. The molecule has 0 amide bonds. The van der Waals surface area contributed by atoms with Gasteiger partial charge in [0.15, 0.2) is 0 Å². The van der Waals surface area contributed by atoms with Crippen molar-refractivity contribution in [2.24, 2.45) is 0 Å². The number of aryl methyl sites for hydroxylation is 1. The largest absolute Gasteiger partial charge is 0.506 e. The molecule has 9 heteroatoms. The van der Waals surface area contributed by atoms with Gasteiger partial charge in [0.2, 0.25) is 0 Å². The lowest BCUT2D eigenvalue weighted by Gasteiger charge is -2.02. The lowest BCUT2D eigenvalue weighted by Crippen LogP contribution is -1.94. The van der Waals surface area contributed by atoms with E-state index in [1.54, 1.807) is 31.0 Å². The molecule has 0 saturated carbocycles. The number of hydrogen-bond donors (Lipinski definition) is 3. The molecule has 6 rings (SSSR count). The van der Waals surface area contributed by atoms with Crippen molar-refractivity contribution >= 4 is 21.8 Å². The van der Waals surface area contributed by atoms with Crippen LogP contribution in [0.1, 0.15) is 5.69 Å². The number of nitrogens with zero attached hydrogens (tertiary/aromatic N) is 6. The van der Waals surface area contributed by atoms with Crippen LogP contribution in [0.15, 0.2) is 61.6 Å². The van der Waals surface area contributed by atoms with E-state index in [9.17, 15) is 5.11 Å². The average Bonchev–Trinajstić information content (AvgIpc) is 3.50. The van der Waals surface area contributed by atoms with Crippen LogP contribution < -0.4 is 0 Å². The minimum Gasteiger partial charge on any atom is -0.506 e. The van der Waals surface area contributed by atoms with Crippen LogP contribution in [-0.2, 0) is 0 Å². The molecule has 0 aliphatic carbocycles. The Morgan fingerprint density at radius 2 is 1.90 bits per heavy atom. The minimum atomic E-state index is 0.0946. The predicted octanol–water partition coefficient (Wildman–Crippen LogP) is 3.76. The molecule has 0 fully saturated rings. The van der Waals surface area contributed by atoms with Crippen molar-refractivity contribution < 1.29 is 5.11 Å². The number of H-pyrrole nitrogens is 2. The molecule has 6 heterocycles. The van der Waals surface area contributed by atoms with Gasteiger partial charge in [-0.15, -0.1) is 0 Å². The van der Waals surface area contributed by atoms with Crippen LogP contribution in [0, 0.1) is 6.92 Å². The summed E-state index contributed by atoms with van der Waals surface area (Å²) in [6, 6.07) is 7.55. The Morgan fingerprint density at radius 1 is 0.968 bits per heavy atom. The maximum atomic E-state index is 9.76. The van der Waals surface area contributed by atoms with E-state index in [2.05, 4.69) is 35.1 Å². The SMILES string of the molecule is Cc1cn(-c2nccc3[nH]c(-c4n[nH]c5cnc(-c6cncc(O)c6)cc45)cc23)cn1. The zero-order valence-corrected chi connectivity index (χ0v) is 16.4. The maximum absolute atomic E-state index is 9.76. The van der Waals surface area contributed by atoms with Crippen molar-refractivity contribution in [1.29, 1.82) is 0 Å². The number of hydrogen-bond acceptors (Lipinski definition) is 6. The molecular weight excluding hydrogens is 392 g/mol. The van der Waals surface area contributed by atoms with Gasteiger partial charge in [-0.05, 0) is 31.2 Å². The number of fused-ring (bicyclic) bond motifs is 2. The van der Waals surface area contributed by atoms with Gasteiger partial charge in [-0.1, -0.05) is 0 Å². The van der Waals surface area contributed by atoms with E-state index in [0.29, 0.717) is 5.69 Å². The van der Waals surface area contributed by atoms with Crippen LogP contribution in [0.3, 0.4) is 0 Å². The molecule has 0 atom stereocenters. The number of nitrogens with one attached hydrogen (secondary N) is 2. The van der Waals surface area contributed by atoms with Crippen molar-refractivity contribution in [3.8, 4) is 34.2 Å². The van der Waals surface area contributed by atoms with Crippen LogP contribution in [-0.4, -0.2) is 44.8 Å². The highest BCUT2D eigenvalue weighted by atomic mass is 16.3. The topological polar surface area (TPSA) is 121 Å². The van der Waals surface area contributed by atoms with Crippen molar-refractivity contribution in [2.75, 3.05) is 0 Å². The summed E-state index contributed by atoms with van der Waals surface area (Å²) in [7, 11) is 0. The van der Waals surface area contributed by atoms with E-state index in [0.717, 1.165) is 50.3 Å². The number of aromatic amines is 2. The van der Waals surface area contributed by atoms with Crippen LogP contribution in [0.2, 0.25) is 0 Å². The van der Waals surface area contributed by atoms with Gasteiger partial charge in [-0.2, -0.15) is 5.10 Å². The third kappa shape index (κ3) is 2.83. The summed E-state index contributed by atoms with van der Waals surface area (Å²) in [5.41, 5.74) is 5.75. The number of pyridine rings is 3. The summed E-state index contributed by atoms with van der Waals surface area (Å²) in [5.74, 6) is 0.894. The summed E-state index contributed by atoms with van der Waals surface area (Å²) in [6.45, 7) is 1.95. The van der Waals surface area contributed by atoms with Crippen LogP contribution >= 0.6 is 0 Å². The molecule has 6 aromatic rings. The lowest BCUT2D eigenvalue weighted by atomic mass is 10.1. The van der Waals surface area contributed by atoms with E-state index in [1.165, 1.54) is 6.20 Å². The summed E-state index contributed by atoms with van der Waals surface area (Å²) in [4.78, 5) is 20.8. The van der Waals surface area contributed by atoms with E-state index in [4.69, 9.17) is 0 Å². The van der Waals surface area contributed by atoms with Gasteiger partial charge in [0.1, 0.15) is 23.6 Å². The molecule has 0 aliphatic heterocycles. The highest BCUT2D eigenvalue weighted by molar-refractivity contribution is 5.98. The molecule has 0 saturated heterocycles. The van der Waals surface area contributed by atoms with E-state index in [1.807, 2.05) is 35.9 Å². The predicted molar refractivity (Wildman–Crippen MR) is 116 cm³/mol. The third-order valence-electron chi connectivity index (χ3n) is 5.21. The summed E-state index contributed by atoms with van der Waals surface area (Å²) < 4.78 is 1.91. The van der Waals surface area contributed by atoms with Gasteiger partial charge in [-0.25, -0.2) is 9.97 Å². The second-order valence-corrected chi connectivity index (χ2v) is 7.32. The average molecular weight is 408 g/mol. The Morgan fingerprint density at radius 3 is 2.74 bits per heavy atom. The normalized spacial score (nSPS) is 11.5. The van der Waals surface area contributed by atoms with Crippen molar-refractivity contribution in [3.63, 3.8) is 0 Å². The number of rotatable bonds is 3. The minimum absolute atomic E-state index is 0.0946. The van der Waals surface area contributed by atoms with Crippen LogP contribution in [0.25, 0.3) is 50.3 Å². The highest BCUT2D eigenvalue weighted by Crippen LogP contribution is 2.32. The molecule has 9 nitrogen and oxygen atoms in total. The molecule has 150 valence electrons. The first kappa shape index (κ1) is 17.3. The fourth-order valence-electron chi connectivity index (χ4n) is 3.76. The quantitative estimate of drug-likeness (QED) is 0.410. The first-order chi connectivity index (χ1) is 15.2. The van der Waals surface area contributed by atoms with E-state index >= 15 is 0 Å². The van der Waals surface area contributed by atoms with Crippen molar-refractivity contribution in [2.45, 2.75) is 6.92 Å². The zero-order chi connectivity index (χ0) is 20.9. The van der Waals surface area contributed by atoms with E-state index in [-0.39, 0.29) is 5.75 Å². The number of aromatic nitrogens is 8.